The molecule has 2 saturated carbocycles. The number of aliphatic carboxylic acids is 1. The predicted octanol–water partition coefficient (Wildman–Crippen LogP) is 1.51. The van der Waals surface area contributed by atoms with Gasteiger partial charge in [0.25, 0.3) is 0 Å². The first-order valence-corrected chi connectivity index (χ1v) is 7.80. The fourth-order valence-electron chi connectivity index (χ4n) is 4.54. The van der Waals surface area contributed by atoms with Crippen LogP contribution in [-0.4, -0.2) is 11.9 Å². The van der Waals surface area contributed by atoms with Crippen LogP contribution in [0, 0.1) is 36.0 Å². The third-order valence-electron chi connectivity index (χ3n) is 5.74. The van der Waals surface area contributed by atoms with E-state index in [0.29, 0.717) is 5.69 Å². The van der Waals surface area contributed by atoms with Gasteiger partial charge < -0.3 is 15.2 Å². The molecule has 1 amide bonds. The third kappa shape index (κ3) is 1.76. The van der Waals surface area contributed by atoms with E-state index in [1.165, 1.54) is 0 Å². The van der Waals surface area contributed by atoms with E-state index < -0.39 is 17.8 Å². The molecule has 114 valence electrons. The van der Waals surface area contributed by atoms with Gasteiger partial charge in [0.2, 0.25) is 5.91 Å². The number of benzene rings is 1. The smallest absolute Gasteiger partial charge is 0.228 e. The molecule has 3 aliphatic carbocycles. The number of hydrogen-bond donors (Lipinski definition) is 1. The summed E-state index contributed by atoms with van der Waals surface area (Å²) in [5.41, 5.74) is 1.86. The predicted molar refractivity (Wildman–Crippen MR) is 79.6 cm³/mol. The quantitative estimate of drug-likeness (QED) is 0.860. The Labute approximate surface area is 129 Å². The summed E-state index contributed by atoms with van der Waals surface area (Å²) in [4.78, 5) is 24.3. The Hall–Kier alpha value is -2.10. The van der Waals surface area contributed by atoms with Crippen LogP contribution < -0.4 is 10.4 Å². The molecule has 2 bridgehead atoms. The largest absolute Gasteiger partial charge is 0.550 e. The van der Waals surface area contributed by atoms with Gasteiger partial charge in [0.15, 0.2) is 0 Å². The molecule has 2 fully saturated rings. The van der Waals surface area contributed by atoms with Gasteiger partial charge in [-0.1, -0.05) is 29.8 Å². The number of amides is 1. The van der Waals surface area contributed by atoms with Crippen LogP contribution >= 0.6 is 0 Å². The Balaban J connectivity index is 1.60. The molecule has 1 aromatic rings. The van der Waals surface area contributed by atoms with Crippen LogP contribution in [-0.2, 0) is 9.59 Å². The lowest BCUT2D eigenvalue weighted by molar-refractivity contribution is -0.313. The maximum atomic E-state index is 12.7. The Bertz CT molecular complexity index is 672. The van der Waals surface area contributed by atoms with Gasteiger partial charge in [0, 0.05) is 17.6 Å². The van der Waals surface area contributed by atoms with E-state index in [9.17, 15) is 14.7 Å². The van der Waals surface area contributed by atoms with E-state index in [2.05, 4.69) is 11.4 Å². The highest BCUT2D eigenvalue weighted by Crippen LogP contribution is 2.71. The zero-order valence-corrected chi connectivity index (χ0v) is 12.4. The molecule has 1 N–H and O–H groups in total. The highest BCUT2D eigenvalue weighted by atomic mass is 16.4. The van der Waals surface area contributed by atoms with E-state index in [1.54, 1.807) is 0 Å². The summed E-state index contributed by atoms with van der Waals surface area (Å²) in [5, 5.41) is 14.5. The summed E-state index contributed by atoms with van der Waals surface area (Å²) < 4.78 is 0. The van der Waals surface area contributed by atoms with Gasteiger partial charge in [-0.05, 0) is 49.1 Å². The summed E-state index contributed by atoms with van der Waals surface area (Å²) in [6, 6.07) is 7.54. The van der Waals surface area contributed by atoms with Crippen molar-refractivity contribution in [2.75, 3.05) is 5.32 Å². The van der Waals surface area contributed by atoms with E-state index in [-0.39, 0.29) is 23.2 Å². The normalized spacial score (nSPS) is 33.1. The number of hydrogen-bond acceptors (Lipinski definition) is 3. The van der Waals surface area contributed by atoms with Crippen molar-refractivity contribution in [3.8, 4) is 0 Å². The molecule has 0 aromatic heterocycles. The Kier molecular flexibility index (Phi) is 2.74. The minimum Gasteiger partial charge on any atom is -0.550 e. The number of allylic oxidation sites excluding steroid dienone is 2. The SMILES string of the molecule is Cc1ccc(NC(=O)[C@@H]2[C@@H](C(=O)[O-])[C@@H]3C=C[C@H]2C32CC2)cc1. The summed E-state index contributed by atoms with van der Waals surface area (Å²) in [5.74, 6) is -2.47. The van der Waals surface area contributed by atoms with Gasteiger partial charge in [-0.25, -0.2) is 0 Å². The summed E-state index contributed by atoms with van der Waals surface area (Å²) >= 11 is 0. The molecule has 1 spiro atoms. The molecular weight excluding hydrogens is 278 g/mol. The highest BCUT2D eigenvalue weighted by molar-refractivity contribution is 5.96. The van der Waals surface area contributed by atoms with Crippen LogP contribution in [0.3, 0.4) is 0 Å². The second kappa shape index (κ2) is 4.45. The molecule has 3 aliphatic rings. The molecule has 4 nitrogen and oxygen atoms in total. The van der Waals surface area contributed by atoms with Crippen LogP contribution in [0.15, 0.2) is 36.4 Å². The lowest BCUT2D eigenvalue weighted by atomic mass is 9.82. The van der Waals surface area contributed by atoms with Gasteiger partial charge in [-0.2, -0.15) is 0 Å². The van der Waals surface area contributed by atoms with E-state index in [1.807, 2.05) is 37.3 Å². The number of aryl methyl sites for hydroxylation is 1. The van der Waals surface area contributed by atoms with Gasteiger partial charge in [-0.15, -0.1) is 0 Å². The van der Waals surface area contributed by atoms with Crippen LogP contribution in [0.1, 0.15) is 18.4 Å². The summed E-state index contributed by atoms with van der Waals surface area (Å²) in [6.07, 6.45) is 6.09. The van der Waals surface area contributed by atoms with Crippen molar-refractivity contribution in [1.29, 1.82) is 0 Å². The fourth-order valence-corrected chi connectivity index (χ4v) is 4.54. The second-order valence-corrected chi connectivity index (χ2v) is 6.90. The van der Waals surface area contributed by atoms with Crippen molar-refractivity contribution in [3.63, 3.8) is 0 Å². The summed E-state index contributed by atoms with van der Waals surface area (Å²) in [7, 11) is 0. The van der Waals surface area contributed by atoms with Crippen molar-refractivity contribution < 1.29 is 14.7 Å². The van der Waals surface area contributed by atoms with E-state index in [0.717, 1.165) is 18.4 Å². The van der Waals surface area contributed by atoms with Crippen LogP contribution in [0.5, 0.6) is 0 Å². The zero-order valence-electron chi connectivity index (χ0n) is 12.4. The zero-order chi connectivity index (χ0) is 15.5. The first-order chi connectivity index (χ1) is 10.5. The molecule has 0 saturated heterocycles. The number of carbonyl (C=O) groups is 2. The van der Waals surface area contributed by atoms with E-state index >= 15 is 0 Å². The number of anilines is 1. The maximum Gasteiger partial charge on any atom is 0.228 e. The molecule has 4 atom stereocenters. The van der Waals surface area contributed by atoms with Gasteiger partial charge in [-0.3, -0.25) is 4.79 Å². The topological polar surface area (TPSA) is 69.2 Å². The number of rotatable bonds is 3. The van der Waals surface area contributed by atoms with E-state index in [4.69, 9.17) is 0 Å². The number of nitrogens with one attached hydrogen (secondary N) is 1. The molecule has 0 unspecified atom stereocenters. The number of carbonyl (C=O) groups excluding carboxylic acids is 2. The minimum absolute atomic E-state index is 0.0278. The van der Waals surface area contributed by atoms with Gasteiger partial charge >= 0.3 is 0 Å². The van der Waals surface area contributed by atoms with Crippen LogP contribution in [0.4, 0.5) is 5.69 Å². The van der Waals surface area contributed by atoms with Crippen molar-refractivity contribution in [1.82, 2.24) is 0 Å². The monoisotopic (exact) mass is 296 g/mol. The average molecular weight is 296 g/mol. The molecule has 0 aliphatic heterocycles. The Morgan fingerprint density at radius 2 is 1.68 bits per heavy atom. The first-order valence-electron chi connectivity index (χ1n) is 7.80. The van der Waals surface area contributed by atoms with Crippen molar-refractivity contribution in [3.05, 3.63) is 42.0 Å². The Morgan fingerprint density at radius 3 is 2.23 bits per heavy atom. The van der Waals surface area contributed by atoms with Crippen molar-refractivity contribution in [2.45, 2.75) is 19.8 Å². The molecule has 4 heteroatoms. The lowest BCUT2D eigenvalue weighted by Gasteiger charge is -2.27. The van der Waals surface area contributed by atoms with Crippen LogP contribution in [0.25, 0.3) is 0 Å². The molecule has 0 radical (unpaired) electrons. The number of carboxylic acid groups (broad SMARTS) is 1. The van der Waals surface area contributed by atoms with Gasteiger partial charge in [0.05, 0.1) is 5.92 Å². The van der Waals surface area contributed by atoms with Gasteiger partial charge in [0.1, 0.15) is 0 Å². The van der Waals surface area contributed by atoms with Crippen molar-refractivity contribution >= 4 is 17.6 Å². The molecular formula is C18H18NO3-. The fraction of sp³-hybridized carbons (Fsp3) is 0.444. The lowest BCUT2D eigenvalue weighted by Crippen LogP contribution is -2.42. The first kappa shape index (κ1) is 13.6. The summed E-state index contributed by atoms with van der Waals surface area (Å²) in [6.45, 7) is 1.98. The maximum absolute atomic E-state index is 12.7. The average Bonchev–Trinajstić information content (AvgIpc) is 3.15. The second-order valence-electron chi connectivity index (χ2n) is 6.90. The number of carboxylic acids is 1. The molecule has 4 rings (SSSR count). The molecule has 0 heterocycles. The Morgan fingerprint density at radius 1 is 1.09 bits per heavy atom. The molecule has 22 heavy (non-hydrogen) atoms. The molecule has 1 aromatic carbocycles. The highest BCUT2D eigenvalue weighted by Gasteiger charge is 2.68. The van der Waals surface area contributed by atoms with Crippen molar-refractivity contribution in [2.24, 2.45) is 29.1 Å². The third-order valence-corrected chi connectivity index (χ3v) is 5.74. The van der Waals surface area contributed by atoms with Crippen LogP contribution in [0.2, 0.25) is 0 Å². The standard InChI is InChI=1S/C18H19NO3/c1-10-2-4-11(5-3-10)19-16(20)14-12-6-7-13(15(14)17(21)22)18(12)8-9-18/h2-7,12-15H,8-9H2,1H3,(H,19,20)(H,21,22)/p-1/t12-,13+,14+,15+/m1/s1. The minimum atomic E-state index is -1.09.